The van der Waals surface area contributed by atoms with E-state index < -0.39 is 0 Å². The predicted octanol–water partition coefficient (Wildman–Crippen LogP) is 9.19. The summed E-state index contributed by atoms with van der Waals surface area (Å²) >= 11 is 0. The average Bonchev–Trinajstić information content (AvgIpc) is 2.86. The molecule has 0 aromatic heterocycles. The standard InChI is InChI=1S/C34H62O2/c1-6-9-24(3)10-8-11-28-18-19-30(23-33(28)29-16-12-25(4)13-17-29)34(36)32(7-2)26(5)22-27-14-20-31(35)21-15-27/h6,9,24-36H,7-8,10-23H2,1-5H3/b9-6-/t24-,25?,26?,27?,28-,29?,30?,31?,32?,33?,34+/m1/s1. The number of allylic oxidation sites excluding steroid dienone is 2. The topological polar surface area (TPSA) is 40.5 Å². The molecule has 0 radical (unpaired) electrons. The second-order valence-corrected chi connectivity index (χ2v) is 13.9. The van der Waals surface area contributed by atoms with Gasteiger partial charge >= 0.3 is 0 Å². The summed E-state index contributed by atoms with van der Waals surface area (Å²) in [5.41, 5.74) is 0. The van der Waals surface area contributed by atoms with Gasteiger partial charge in [0, 0.05) is 0 Å². The van der Waals surface area contributed by atoms with Crippen molar-refractivity contribution in [2.24, 2.45) is 53.3 Å². The highest BCUT2D eigenvalue weighted by molar-refractivity contribution is 4.92. The second-order valence-electron chi connectivity index (χ2n) is 13.9. The van der Waals surface area contributed by atoms with Crippen molar-refractivity contribution in [3.8, 4) is 0 Å². The van der Waals surface area contributed by atoms with E-state index >= 15 is 0 Å². The van der Waals surface area contributed by atoms with Crippen molar-refractivity contribution in [1.29, 1.82) is 0 Å². The molecule has 2 heteroatoms. The Morgan fingerprint density at radius 2 is 1.61 bits per heavy atom. The third kappa shape index (κ3) is 8.86. The van der Waals surface area contributed by atoms with E-state index in [-0.39, 0.29) is 12.2 Å². The van der Waals surface area contributed by atoms with Crippen LogP contribution in [0.4, 0.5) is 0 Å². The van der Waals surface area contributed by atoms with E-state index in [4.69, 9.17) is 0 Å². The van der Waals surface area contributed by atoms with Crippen molar-refractivity contribution in [2.75, 3.05) is 0 Å². The first kappa shape index (κ1) is 30.2. The lowest BCUT2D eigenvalue weighted by molar-refractivity contribution is -0.0289. The highest BCUT2D eigenvalue weighted by atomic mass is 16.3. The number of hydrogen-bond donors (Lipinski definition) is 2. The van der Waals surface area contributed by atoms with E-state index in [1.807, 2.05) is 0 Å². The van der Waals surface area contributed by atoms with Crippen molar-refractivity contribution in [1.82, 2.24) is 0 Å². The molecule has 210 valence electrons. The molecule has 4 unspecified atom stereocenters. The van der Waals surface area contributed by atoms with Crippen LogP contribution in [0.5, 0.6) is 0 Å². The maximum atomic E-state index is 11.8. The molecule has 36 heavy (non-hydrogen) atoms. The van der Waals surface area contributed by atoms with Crippen LogP contribution in [-0.4, -0.2) is 22.4 Å². The smallest absolute Gasteiger partial charge is 0.0599 e. The van der Waals surface area contributed by atoms with Crippen molar-refractivity contribution < 1.29 is 10.2 Å². The first-order valence-corrected chi connectivity index (χ1v) is 16.3. The van der Waals surface area contributed by atoms with Gasteiger partial charge in [0.25, 0.3) is 0 Å². The van der Waals surface area contributed by atoms with E-state index in [2.05, 4.69) is 46.8 Å². The fourth-order valence-corrected chi connectivity index (χ4v) is 8.80. The third-order valence-corrected chi connectivity index (χ3v) is 11.2. The van der Waals surface area contributed by atoms with E-state index in [0.717, 1.165) is 48.9 Å². The molecule has 2 N–H and O–H groups in total. The van der Waals surface area contributed by atoms with E-state index in [1.54, 1.807) is 0 Å². The van der Waals surface area contributed by atoms with Crippen LogP contribution < -0.4 is 0 Å². The van der Waals surface area contributed by atoms with Gasteiger partial charge in [-0.05, 0) is 131 Å². The SMILES string of the molecule is C/C=C\[C@@H](C)CCC[C@@H]1CCC([C@H](O)C(CC)C(C)CC2CCC(O)CC2)CC1C1CCC(C)CC1. The molecule has 2 nitrogen and oxygen atoms in total. The zero-order valence-electron chi connectivity index (χ0n) is 24.7. The van der Waals surface area contributed by atoms with Gasteiger partial charge in [-0.25, -0.2) is 0 Å². The minimum absolute atomic E-state index is 0.0645. The van der Waals surface area contributed by atoms with Crippen LogP contribution in [0.15, 0.2) is 12.2 Å². The minimum Gasteiger partial charge on any atom is -0.393 e. The van der Waals surface area contributed by atoms with E-state index in [1.165, 1.54) is 83.5 Å². The normalized spacial score (nSPS) is 37.5. The molecular formula is C34H62O2. The van der Waals surface area contributed by atoms with Crippen LogP contribution in [0.3, 0.4) is 0 Å². The van der Waals surface area contributed by atoms with Crippen LogP contribution in [-0.2, 0) is 0 Å². The van der Waals surface area contributed by atoms with Gasteiger partial charge in [0.05, 0.1) is 12.2 Å². The summed E-state index contributed by atoms with van der Waals surface area (Å²) in [7, 11) is 0. The lowest BCUT2D eigenvalue weighted by Crippen LogP contribution is -2.40. The summed E-state index contributed by atoms with van der Waals surface area (Å²) in [6, 6.07) is 0. The molecule has 0 aromatic carbocycles. The molecular weight excluding hydrogens is 440 g/mol. The van der Waals surface area contributed by atoms with Crippen molar-refractivity contribution >= 4 is 0 Å². The summed E-state index contributed by atoms with van der Waals surface area (Å²) < 4.78 is 0. The van der Waals surface area contributed by atoms with Crippen LogP contribution in [0.1, 0.15) is 137 Å². The highest BCUT2D eigenvalue weighted by Crippen LogP contribution is 2.48. The zero-order chi connectivity index (χ0) is 26.1. The Balaban J connectivity index is 1.60. The molecule has 3 saturated carbocycles. The van der Waals surface area contributed by atoms with Gasteiger partial charge in [0.15, 0.2) is 0 Å². The lowest BCUT2D eigenvalue weighted by atomic mass is 9.61. The predicted molar refractivity (Wildman–Crippen MR) is 155 cm³/mol. The largest absolute Gasteiger partial charge is 0.393 e. The molecule has 3 rings (SSSR count). The molecule has 0 saturated heterocycles. The molecule has 3 fully saturated rings. The molecule has 7 atom stereocenters. The molecule has 0 spiro atoms. The van der Waals surface area contributed by atoms with Crippen LogP contribution in [0, 0.1) is 53.3 Å². The maximum absolute atomic E-state index is 11.8. The molecule has 3 aliphatic rings. The molecule has 3 aliphatic carbocycles. The quantitative estimate of drug-likeness (QED) is 0.261. The van der Waals surface area contributed by atoms with Crippen molar-refractivity contribution in [2.45, 2.75) is 150 Å². The van der Waals surface area contributed by atoms with E-state index in [9.17, 15) is 10.2 Å². The highest BCUT2D eigenvalue weighted by Gasteiger charge is 2.41. The Kier molecular flexibility index (Phi) is 12.8. The lowest BCUT2D eigenvalue weighted by Gasteiger charge is -2.46. The summed E-state index contributed by atoms with van der Waals surface area (Å²) in [4.78, 5) is 0. The van der Waals surface area contributed by atoms with Crippen LogP contribution in [0.2, 0.25) is 0 Å². The molecule has 0 aromatic rings. The van der Waals surface area contributed by atoms with Gasteiger partial charge in [-0.15, -0.1) is 0 Å². The van der Waals surface area contributed by atoms with Gasteiger partial charge in [0.1, 0.15) is 0 Å². The first-order chi connectivity index (χ1) is 17.3. The van der Waals surface area contributed by atoms with Gasteiger partial charge in [0.2, 0.25) is 0 Å². The molecule has 0 heterocycles. The Bertz CT molecular complexity index is 613. The Labute approximate surface area is 225 Å². The summed E-state index contributed by atoms with van der Waals surface area (Å²) in [6.07, 6.45) is 24.7. The van der Waals surface area contributed by atoms with Gasteiger partial charge in [-0.1, -0.05) is 72.0 Å². The average molecular weight is 503 g/mol. The monoisotopic (exact) mass is 502 g/mol. The zero-order valence-corrected chi connectivity index (χ0v) is 24.7. The number of aliphatic hydroxyl groups is 2. The van der Waals surface area contributed by atoms with E-state index in [0.29, 0.717) is 23.7 Å². The van der Waals surface area contributed by atoms with Crippen molar-refractivity contribution in [3.05, 3.63) is 12.2 Å². The van der Waals surface area contributed by atoms with Gasteiger partial charge in [-0.2, -0.15) is 0 Å². The molecule has 0 amide bonds. The first-order valence-electron chi connectivity index (χ1n) is 16.3. The summed E-state index contributed by atoms with van der Waals surface area (Å²) in [6.45, 7) is 11.7. The number of aliphatic hydroxyl groups excluding tert-OH is 2. The van der Waals surface area contributed by atoms with Gasteiger partial charge in [-0.3, -0.25) is 0 Å². The minimum atomic E-state index is -0.125. The fourth-order valence-electron chi connectivity index (χ4n) is 8.80. The fraction of sp³-hybridized carbons (Fsp3) is 0.941. The second kappa shape index (κ2) is 15.3. The molecule has 0 aliphatic heterocycles. The Morgan fingerprint density at radius 1 is 0.917 bits per heavy atom. The van der Waals surface area contributed by atoms with Crippen LogP contribution in [0.25, 0.3) is 0 Å². The summed E-state index contributed by atoms with van der Waals surface area (Å²) in [5.74, 6) is 6.54. The molecule has 0 bridgehead atoms. The van der Waals surface area contributed by atoms with Crippen LogP contribution >= 0.6 is 0 Å². The Hall–Kier alpha value is -0.340. The maximum Gasteiger partial charge on any atom is 0.0599 e. The Morgan fingerprint density at radius 3 is 2.25 bits per heavy atom. The number of hydrogen-bond acceptors (Lipinski definition) is 2. The number of rotatable bonds is 12. The van der Waals surface area contributed by atoms with Crippen molar-refractivity contribution in [3.63, 3.8) is 0 Å². The summed E-state index contributed by atoms with van der Waals surface area (Å²) in [5, 5.41) is 21.7. The third-order valence-electron chi connectivity index (χ3n) is 11.2. The van der Waals surface area contributed by atoms with Gasteiger partial charge < -0.3 is 10.2 Å².